The average molecular weight is 442 g/mol. The third-order valence-electron chi connectivity index (χ3n) is 5.53. The minimum atomic E-state index is -6.57. The van der Waals surface area contributed by atoms with Crippen LogP contribution in [0.4, 0.5) is 22.0 Å². The molecule has 4 aliphatic rings. The van der Waals surface area contributed by atoms with Gasteiger partial charge in [-0.05, 0) is 55.8 Å². The molecular weight excluding hydrogens is 425 g/mol. The van der Waals surface area contributed by atoms with E-state index in [1.165, 1.54) is 0 Å². The molecule has 0 saturated heterocycles. The van der Waals surface area contributed by atoms with Crippen molar-refractivity contribution in [2.24, 2.45) is 23.7 Å². The van der Waals surface area contributed by atoms with Gasteiger partial charge >= 0.3 is 11.4 Å². The van der Waals surface area contributed by atoms with Crippen LogP contribution >= 0.6 is 0 Å². The third kappa shape index (κ3) is 3.95. The van der Waals surface area contributed by atoms with E-state index in [1.807, 2.05) is 4.13 Å². The second kappa shape index (κ2) is 6.47. The summed E-state index contributed by atoms with van der Waals surface area (Å²) in [6.45, 7) is 0. The van der Waals surface area contributed by atoms with Crippen LogP contribution in [0.5, 0.6) is 0 Å². The lowest BCUT2D eigenvalue weighted by Gasteiger charge is -2.53. The maximum atomic E-state index is 13.5. The van der Waals surface area contributed by atoms with Crippen LogP contribution in [-0.4, -0.2) is 45.6 Å². The second-order valence-electron chi connectivity index (χ2n) is 7.47. The Kier molecular flexibility index (Phi) is 5.07. The average Bonchev–Trinajstić information content (AvgIpc) is 2.47. The molecule has 7 nitrogen and oxygen atoms in total. The summed E-state index contributed by atoms with van der Waals surface area (Å²) >= 11 is 0. The van der Waals surface area contributed by atoms with Crippen molar-refractivity contribution in [3.63, 3.8) is 0 Å². The summed E-state index contributed by atoms with van der Waals surface area (Å²) < 4.78 is 117. The van der Waals surface area contributed by atoms with Crippen molar-refractivity contribution in [1.29, 1.82) is 0 Å². The number of halogens is 5. The van der Waals surface area contributed by atoms with Crippen molar-refractivity contribution in [3.8, 4) is 0 Å². The van der Waals surface area contributed by atoms with Gasteiger partial charge in [0.2, 0.25) is 16.4 Å². The fourth-order valence-electron chi connectivity index (χ4n) is 4.69. The van der Waals surface area contributed by atoms with E-state index >= 15 is 0 Å². The predicted molar refractivity (Wildman–Crippen MR) is 80.1 cm³/mol. The van der Waals surface area contributed by atoms with Gasteiger partial charge in [0.15, 0.2) is 10.0 Å². The van der Waals surface area contributed by atoms with Crippen LogP contribution in [0.15, 0.2) is 0 Å². The first-order chi connectivity index (χ1) is 12.1. The molecule has 0 heterocycles. The molecule has 0 aliphatic heterocycles. The zero-order valence-corrected chi connectivity index (χ0v) is 15.3. The molecule has 1 unspecified atom stereocenters. The van der Waals surface area contributed by atoms with Crippen molar-refractivity contribution in [1.82, 2.24) is 0 Å². The molecule has 1 atom stereocenters. The van der Waals surface area contributed by atoms with Crippen molar-refractivity contribution in [2.45, 2.75) is 55.7 Å². The van der Waals surface area contributed by atoms with E-state index in [0.29, 0.717) is 37.5 Å². The summed E-state index contributed by atoms with van der Waals surface area (Å²) in [5, 5.41) is 2.70. The minimum Gasteiger partial charge on any atom is -0.406 e. The summed E-state index contributed by atoms with van der Waals surface area (Å²) in [5.41, 5.74) is 0. The van der Waals surface area contributed by atoms with Crippen LogP contribution in [-0.2, 0) is 24.5 Å². The van der Waals surface area contributed by atoms with E-state index in [-0.39, 0.29) is 11.8 Å². The summed E-state index contributed by atoms with van der Waals surface area (Å²) in [6, 6.07) is 0. The van der Waals surface area contributed by atoms with Crippen molar-refractivity contribution < 1.29 is 48.1 Å². The Hall–Kier alpha value is -0.570. The maximum Gasteiger partial charge on any atom is 0.421 e. The van der Waals surface area contributed by atoms with Gasteiger partial charge < -0.3 is 9.23 Å². The maximum absolute atomic E-state index is 13.5. The molecule has 4 rings (SSSR count). The molecule has 0 aromatic rings. The van der Waals surface area contributed by atoms with E-state index in [9.17, 15) is 38.8 Å². The molecule has 1 N–H and O–H groups in total. The standard InChI is InChI=1S/C13H17F5NO6S2/c14-12(15,16)11(20)13(17,18)26(21,22)19-27(23,24)25-10-8-2-6-1-7(4-8)5-9(10)3-6/h6-11,20H,1-5H2/q-1. The Bertz CT molecular complexity index is 769. The first-order valence-corrected chi connectivity index (χ1v) is 11.0. The summed E-state index contributed by atoms with van der Waals surface area (Å²) in [5.74, 6) is 0.411. The lowest BCUT2D eigenvalue weighted by Crippen LogP contribution is -2.51. The molecule has 27 heavy (non-hydrogen) atoms. The Labute approximate surface area is 152 Å². The fraction of sp³-hybridized carbons (Fsp3) is 1.00. The lowest BCUT2D eigenvalue weighted by molar-refractivity contribution is -0.247. The largest absolute Gasteiger partial charge is 0.421 e. The highest BCUT2D eigenvalue weighted by Crippen LogP contribution is 2.55. The Morgan fingerprint density at radius 3 is 1.74 bits per heavy atom. The van der Waals surface area contributed by atoms with Crippen LogP contribution in [0.3, 0.4) is 0 Å². The van der Waals surface area contributed by atoms with Gasteiger partial charge in [0, 0.05) is 0 Å². The molecule has 158 valence electrons. The van der Waals surface area contributed by atoms with Crippen molar-refractivity contribution >= 4 is 20.3 Å². The number of aliphatic hydroxyl groups excluding tert-OH is 1. The SMILES string of the molecule is O=S(=O)([N-]S(=O)(=O)C(F)(F)C(O)C(F)(F)F)OC1C2CC3CC(C2)CC1C3. The highest BCUT2D eigenvalue weighted by Gasteiger charge is 2.60. The summed E-state index contributed by atoms with van der Waals surface area (Å²) in [7, 11) is -12.0. The number of nitrogens with zero attached hydrogens (tertiary/aromatic N) is 1. The van der Waals surface area contributed by atoms with Crippen LogP contribution in [0.1, 0.15) is 32.1 Å². The van der Waals surface area contributed by atoms with Gasteiger partial charge in [0.1, 0.15) is 0 Å². The van der Waals surface area contributed by atoms with Gasteiger partial charge in [-0.25, -0.2) is 16.8 Å². The second-order valence-corrected chi connectivity index (χ2v) is 10.6. The zero-order valence-electron chi connectivity index (χ0n) is 13.6. The van der Waals surface area contributed by atoms with Crippen LogP contribution < -0.4 is 0 Å². The number of sulfonamides is 1. The molecule has 4 bridgehead atoms. The van der Waals surface area contributed by atoms with Gasteiger partial charge in [-0.15, -0.1) is 0 Å². The van der Waals surface area contributed by atoms with Crippen LogP contribution in [0.2, 0.25) is 0 Å². The molecule has 0 radical (unpaired) electrons. The Morgan fingerprint density at radius 2 is 1.33 bits per heavy atom. The van der Waals surface area contributed by atoms with Crippen LogP contribution in [0.25, 0.3) is 4.13 Å². The van der Waals surface area contributed by atoms with Gasteiger partial charge in [-0.3, -0.25) is 4.18 Å². The molecule has 4 fully saturated rings. The van der Waals surface area contributed by atoms with Crippen molar-refractivity contribution in [2.75, 3.05) is 0 Å². The monoisotopic (exact) mass is 442 g/mol. The van der Waals surface area contributed by atoms with E-state index in [1.54, 1.807) is 0 Å². The smallest absolute Gasteiger partial charge is 0.406 e. The van der Waals surface area contributed by atoms with E-state index in [4.69, 9.17) is 9.29 Å². The van der Waals surface area contributed by atoms with E-state index < -0.39 is 44.0 Å². The number of hydrogen-bond donors (Lipinski definition) is 1. The minimum absolute atomic E-state index is 0.199. The number of aliphatic hydroxyl groups is 1. The van der Waals surface area contributed by atoms with Crippen LogP contribution in [0, 0.1) is 23.7 Å². The molecule has 4 aliphatic carbocycles. The number of rotatable bonds is 6. The molecule has 0 spiro atoms. The summed E-state index contributed by atoms with van der Waals surface area (Å²) in [6.07, 6.45) is -7.93. The van der Waals surface area contributed by atoms with Gasteiger partial charge in [0.25, 0.3) is 0 Å². The first kappa shape index (κ1) is 21.1. The van der Waals surface area contributed by atoms with E-state index in [0.717, 1.165) is 6.42 Å². The third-order valence-corrected chi connectivity index (χ3v) is 8.43. The Morgan fingerprint density at radius 1 is 0.889 bits per heavy atom. The van der Waals surface area contributed by atoms with Gasteiger partial charge in [-0.2, -0.15) is 22.0 Å². The van der Waals surface area contributed by atoms with Crippen molar-refractivity contribution in [3.05, 3.63) is 4.13 Å². The topological polar surface area (TPSA) is 112 Å². The molecule has 14 heteroatoms. The van der Waals surface area contributed by atoms with E-state index in [2.05, 4.69) is 0 Å². The first-order valence-electron chi connectivity index (χ1n) is 8.17. The predicted octanol–water partition coefficient (Wildman–Crippen LogP) is 2.29. The lowest BCUT2D eigenvalue weighted by atomic mass is 9.55. The Balaban J connectivity index is 1.74. The number of alkyl halides is 5. The zero-order chi connectivity index (χ0) is 20.4. The number of hydrogen-bond acceptors (Lipinski definition) is 6. The fourth-order valence-corrected chi connectivity index (χ4v) is 7.20. The van der Waals surface area contributed by atoms with Gasteiger partial charge in [-0.1, -0.05) is 0 Å². The highest BCUT2D eigenvalue weighted by atomic mass is 32.3. The highest BCUT2D eigenvalue weighted by molar-refractivity contribution is 8.10. The molecule has 0 amide bonds. The quantitative estimate of drug-likeness (QED) is 0.632. The molecule has 0 aromatic carbocycles. The molecule has 4 saturated carbocycles. The normalized spacial score (nSPS) is 35.4. The molecule has 0 aromatic heterocycles. The summed E-state index contributed by atoms with van der Waals surface area (Å²) in [4.78, 5) is 0. The van der Waals surface area contributed by atoms with Gasteiger partial charge in [0.05, 0.1) is 6.10 Å². The molecular formula is C13H17F5NO6S2-.